The van der Waals surface area contributed by atoms with Gasteiger partial charge in [-0.25, -0.2) is 9.59 Å². The fourth-order valence-corrected chi connectivity index (χ4v) is 2.59. The topological polar surface area (TPSA) is 145 Å². The number of benzene rings is 2. The van der Waals surface area contributed by atoms with Crippen molar-refractivity contribution >= 4 is 51.1 Å². The van der Waals surface area contributed by atoms with Crippen LogP contribution in [0.5, 0.6) is 5.75 Å². The lowest BCUT2D eigenvalue weighted by atomic mass is 10.3. The number of nitrogens with one attached hydrogen (secondary N) is 2. The molecule has 4 N–H and O–H groups in total. The third-order valence-corrected chi connectivity index (χ3v) is 3.99. The van der Waals surface area contributed by atoms with Gasteiger partial charge < -0.3 is 25.6 Å². The normalized spacial score (nSPS) is 9.81. The van der Waals surface area contributed by atoms with Crippen LogP contribution in [0.25, 0.3) is 0 Å². The van der Waals surface area contributed by atoms with Crippen LogP contribution in [0.1, 0.15) is 0 Å². The van der Waals surface area contributed by atoms with Crippen molar-refractivity contribution < 1.29 is 34.1 Å². The highest BCUT2D eigenvalue weighted by atomic mass is 79.9. The summed E-state index contributed by atoms with van der Waals surface area (Å²) in [4.78, 5) is 43.9. The van der Waals surface area contributed by atoms with Crippen molar-refractivity contribution in [2.45, 2.75) is 0 Å². The number of carboxylic acid groups (broad SMARTS) is 2. The summed E-state index contributed by atoms with van der Waals surface area (Å²) in [7, 11) is 3.30. The number of amides is 2. The molecule has 0 fully saturated rings. The Labute approximate surface area is 186 Å². The Balaban J connectivity index is 0.000000703. The van der Waals surface area contributed by atoms with E-state index in [9.17, 15) is 9.59 Å². The van der Waals surface area contributed by atoms with E-state index in [4.69, 9.17) is 24.5 Å². The molecular formula is C20H22BrN3O7. The summed E-state index contributed by atoms with van der Waals surface area (Å²) in [6.07, 6.45) is 0. The number of hydrogen-bond donors (Lipinski definition) is 4. The second kappa shape index (κ2) is 13.0. The number of rotatable bonds is 7. The lowest BCUT2D eigenvalue weighted by molar-refractivity contribution is -0.159. The van der Waals surface area contributed by atoms with Crippen molar-refractivity contribution in [2.24, 2.45) is 0 Å². The standard InChI is InChI=1S/C18H20BrN3O3.C2H2O4/c1-22(12-18(24)21-15-5-3-4-13(19)10-15)11-17(23)20-14-6-8-16(25-2)9-7-14;3-1(4)2(5)6/h3-10H,11-12H2,1-2H3,(H,20,23)(H,21,24);(H,3,4)(H,5,6). The molecule has 2 aromatic rings. The van der Waals surface area contributed by atoms with Gasteiger partial charge in [-0.3, -0.25) is 14.5 Å². The van der Waals surface area contributed by atoms with Gasteiger partial charge in [0, 0.05) is 15.8 Å². The number of likely N-dealkylation sites (N-methyl/N-ethyl adjacent to an activating group) is 1. The number of aliphatic carboxylic acids is 2. The molecule has 2 rings (SSSR count). The number of hydrogen-bond acceptors (Lipinski definition) is 6. The zero-order chi connectivity index (χ0) is 23.4. The first-order chi connectivity index (χ1) is 14.6. The summed E-state index contributed by atoms with van der Waals surface area (Å²) >= 11 is 3.35. The maximum atomic E-state index is 12.0. The van der Waals surface area contributed by atoms with E-state index in [1.54, 1.807) is 49.4 Å². The number of ether oxygens (including phenoxy) is 1. The Morgan fingerprint density at radius 1 is 0.903 bits per heavy atom. The van der Waals surface area contributed by atoms with E-state index in [-0.39, 0.29) is 24.9 Å². The number of carbonyl (C=O) groups is 4. The number of halogens is 1. The van der Waals surface area contributed by atoms with Crippen molar-refractivity contribution in [3.05, 3.63) is 53.0 Å². The molecule has 166 valence electrons. The first-order valence-electron chi connectivity index (χ1n) is 8.74. The van der Waals surface area contributed by atoms with Crippen molar-refractivity contribution in [1.82, 2.24) is 4.90 Å². The van der Waals surface area contributed by atoms with Crippen LogP contribution in [0.4, 0.5) is 11.4 Å². The van der Waals surface area contributed by atoms with Gasteiger partial charge in [0.15, 0.2) is 0 Å². The molecule has 0 atom stereocenters. The fourth-order valence-electron chi connectivity index (χ4n) is 2.19. The second-order valence-electron chi connectivity index (χ2n) is 6.12. The van der Waals surface area contributed by atoms with E-state index in [1.165, 1.54) is 0 Å². The van der Waals surface area contributed by atoms with Crippen LogP contribution < -0.4 is 15.4 Å². The summed E-state index contributed by atoms with van der Waals surface area (Å²) in [6, 6.07) is 14.4. The summed E-state index contributed by atoms with van der Waals surface area (Å²) in [5.41, 5.74) is 1.38. The van der Waals surface area contributed by atoms with Gasteiger partial charge in [0.05, 0.1) is 20.2 Å². The Bertz CT molecular complexity index is 907. The molecule has 0 aromatic heterocycles. The summed E-state index contributed by atoms with van der Waals surface area (Å²) < 4.78 is 5.96. The van der Waals surface area contributed by atoms with Crippen molar-refractivity contribution in [1.29, 1.82) is 0 Å². The molecule has 0 aliphatic rings. The molecule has 0 heterocycles. The SMILES string of the molecule is COc1ccc(NC(=O)CN(C)CC(=O)Nc2cccc(Br)c2)cc1.O=C(O)C(=O)O. The fraction of sp³-hybridized carbons (Fsp3) is 0.200. The first kappa shape index (κ1) is 25.6. The molecule has 0 saturated carbocycles. The van der Waals surface area contributed by atoms with Gasteiger partial charge in [0.2, 0.25) is 11.8 Å². The van der Waals surface area contributed by atoms with Gasteiger partial charge in [-0.15, -0.1) is 0 Å². The average molecular weight is 496 g/mol. The maximum absolute atomic E-state index is 12.0. The van der Waals surface area contributed by atoms with Gasteiger partial charge in [-0.1, -0.05) is 22.0 Å². The maximum Gasteiger partial charge on any atom is 0.414 e. The number of methoxy groups -OCH3 is 1. The van der Waals surface area contributed by atoms with E-state index in [2.05, 4.69) is 26.6 Å². The summed E-state index contributed by atoms with van der Waals surface area (Å²) in [5.74, 6) is -3.30. The first-order valence-corrected chi connectivity index (χ1v) is 9.54. The predicted molar refractivity (Wildman–Crippen MR) is 117 cm³/mol. The van der Waals surface area contributed by atoms with E-state index >= 15 is 0 Å². The highest BCUT2D eigenvalue weighted by Crippen LogP contribution is 2.16. The smallest absolute Gasteiger partial charge is 0.414 e. The lowest BCUT2D eigenvalue weighted by Gasteiger charge is -2.16. The third kappa shape index (κ3) is 10.8. The third-order valence-electron chi connectivity index (χ3n) is 3.49. The van der Waals surface area contributed by atoms with Gasteiger partial charge in [-0.05, 0) is 49.5 Å². The van der Waals surface area contributed by atoms with Gasteiger partial charge in [0.1, 0.15) is 5.75 Å². The van der Waals surface area contributed by atoms with Crippen molar-refractivity contribution in [3.8, 4) is 5.75 Å². The molecule has 0 aliphatic carbocycles. The molecular weight excluding hydrogens is 474 g/mol. The molecule has 0 saturated heterocycles. The number of carboxylic acids is 2. The largest absolute Gasteiger partial charge is 0.497 e. The van der Waals surface area contributed by atoms with Gasteiger partial charge in [0.25, 0.3) is 0 Å². The minimum Gasteiger partial charge on any atom is -0.497 e. The molecule has 2 amide bonds. The number of nitrogens with zero attached hydrogens (tertiary/aromatic N) is 1. The molecule has 0 spiro atoms. The molecule has 31 heavy (non-hydrogen) atoms. The van der Waals surface area contributed by atoms with E-state index < -0.39 is 11.9 Å². The van der Waals surface area contributed by atoms with Crippen LogP contribution in [0.3, 0.4) is 0 Å². The van der Waals surface area contributed by atoms with Crippen LogP contribution in [0, 0.1) is 0 Å². The second-order valence-corrected chi connectivity index (χ2v) is 7.03. The lowest BCUT2D eigenvalue weighted by Crippen LogP contribution is -2.36. The minimum absolute atomic E-state index is 0.109. The molecule has 11 heteroatoms. The average Bonchev–Trinajstić information content (AvgIpc) is 2.68. The van der Waals surface area contributed by atoms with E-state index in [0.29, 0.717) is 11.4 Å². The quantitative estimate of drug-likeness (QED) is 0.427. The molecule has 0 bridgehead atoms. The van der Waals surface area contributed by atoms with Gasteiger partial charge in [-0.2, -0.15) is 0 Å². The summed E-state index contributed by atoms with van der Waals surface area (Å²) in [6.45, 7) is 0.223. The number of carbonyl (C=O) groups excluding carboxylic acids is 2. The van der Waals surface area contributed by atoms with E-state index in [0.717, 1.165) is 10.2 Å². The zero-order valence-corrected chi connectivity index (χ0v) is 18.4. The van der Waals surface area contributed by atoms with Crippen molar-refractivity contribution in [3.63, 3.8) is 0 Å². The van der Waals surface area contributed by atoms with E-state index in [1.807, 2.05) is 18.2 Å². The Morgan fingerprint density at radius 3 is 1.87 bits per heavy atom. The van der Waals surface area contributed by atoms with Crippen LogP contribution in [-0.2, 0) is 19.2 Å². The monoisotopic (exact) mass is 495 g/mol. The molecule has 0 aliphatic heterocycles. The van der Waals surface area contributed by atoms with Crippen LogP contribution in [-0.4, -0.2) is 66.1 Å². The molecule has 0 unspecified atom stereocenters. The highest BCUT2D eigenvalue weighted by molar-refractivity contribution is 9.10. The van der Waals surface area contributed by atoms with Crippen molar-refractivity contribution in [2.75, 3.05) is 37.9 Å². The van der Waals surface area contributed by atoms with Crippen LogP contribution >= 0.6 is 15.9 Å². The Hall–Kier alpha value is -3.44. The van der Waals surface area contributed by atoms with Crippen LogP contribution in [0.2, 0.25) is 0 Å². The number of anilines is 2. The Kier molecular flexibility index (Phi) is 10.7. The molecule has 10 nitrogen and oxygen atoms in total. The van der Waals surface area contributed by atoms with Gasteiger partial charge >= 0.3 is 11.9 Å². The minimum atomic E-state index is -1.82. The molecule has 0 radical (unpaired) electrons. The van der Waals surface area contributed by atoms with Crippen LogP contribution in [0.15, 0.2) is 53.0 Å². The predicted octanol–water partition coefficient (Wildman–Crippen LogP) is 2.12. The highest BCUT2D eigenvalue weighted by Gasteiger charge is 2.11. The summed E-state index contributed by atoms with van der Waals surface area (Å²) in [5, 5.41) is 20.4. The Morgan fingerprint density at radius 2 is 1.42 bits per heavy atom. The molecule has 2 aromatic carbocycles. The zero-order valence-electron chi connectivity index (χ0n) is 16.8.